The summed E-state index contributed by atoms with van der Waals surface area (Å²) in [5, 5.41) is 8.56. The average molecular weight is 327 g/mol. The molecule has 0 spiro atoms. The second-order valence-electron chi connectivity index (χ2n) is 9.17. The van der Waals surface area contributed by atoms with Crippen LogP contribution in [0.3, 0.4) is 0 Å². The minimum absolute atomic E-state index is 0.141. The van der Waals surface area contributed by atoms with Crippen molar-refractivity contribution in [3.8, 4) is 0 Å². The number of ketones is 1. The van der Waals surface area contributed by atoms with Gasteiger partial charge < -0.3 is 4.52 Å². The van der Waals surface area contributed by atoms with Gasteiger partial charge >= 0.3 is 0 Å². The molecule has 2 atom stereocenters. The van der Waals surface area contributed by atoms with E-state index in [1.165, 1.54) is 0 Å². The van der Waals surface area contributed by atoms with Crippen molar-refractivity contribution < 1.29 is 9.32 Å². The van der Waals surface area contributed by atoms with Gasteiger partial charge in [-0.2, -0.15) is 5.10 Å². The van der Waals surface area contributed by atoms with E-state index in [2.05, 4.69) is 51.8 Å². The van der Waals surface area contributed by atoms with Crippen molar-refractivity contribution in [1.29, 1.82) is 0 Å². The molecule has 2 aromatic heterocycles. The predicted octanol–water partition coefficient (Wildman–Crippen LogP) is 3.52. The standard InChI is InChI=1S/C19H25N3O2/c1-17(2,3)22-13-7-14-18(4,5)16-11(9-21-24-16)8-19(14,6)15(23)12(13)10-20-22/h9-10,14H,7-8H2,1-6H3/t14-,19-/m0/s1. The van der Waals surface area contributed by atoms with E-state index in [1.54, 1.807) is 12.4 Å². The van der Waals surface area contributed by atoms with E-state index in [0.717, 1.165) is 29.0 Å². The number of nitrogens with zero attached hydrogens (tertiary/aromatic N) is 3. The molecule has 0 N–H and O–H groups in total. The van der Waals surface area contributed by atoms with Gasteiger partial charge in [-0.05, 0) is 39.5 Å². The van der Waals surface area contributed by atoms with Gasteiger partial charge in [0.1, 0.15) is 5.76 Å². The summed E-state index contributed by atoms with van der Waals surface area (Å²) < 4.78 is 7.60. The molecule has 0 saturated heterocycles. The number of carbonyl (C=O) groups excluding carboxylic acids is 1. The highest BCUT2D eigenvalue weighted by atomic mass is 16.5. The molecular weight excluding hydrogens is 302 g/mol. The molecule has 2 aromatic rings. The van der Waals surface area contributed by atoms with Gasteiger partial charge in [0.05, 0.1) is 29.2 Å². The third-order valence-electron chi connectivity index (χ3n) is 6.09. The molecule has 2 heterocycles. The highest BCUT2D eigenvalue weighted by Gasteiger charge is 2.58. The fourth-order valence-corrected chi connectivity index (χ4v) is 4.95. The van der Waals surface area contributed by atoms with Crippen LogP contribution in [0.5, 0.6) is 0 Å². The molecule has 0 aliphatic heterocycles. The van der Waals surface area contributed by atoms with Crippen molar-refractivity contribution in [2.45, 2.75) is 65.3 Å². The molecule has 0 fully saturated rings. The molecule has 0 saturated carbocycles. The summed E-state index contributed by atoms with van der Waals surface area (Å²) in [6.45, 7) is 12.8. The van der Waals surface area contributed by atoms with Crippen LogP contribution in [0.1, 0.15) is 68.9 Å². The van der Waals surface area contributed by atoms with Crippen molar-refractivity contribution in [2.24, 2.45) is 11.3 Å². The van der Waals surface area contributed by atoms with Gasteiger partial charge in [-0.3, -0.25) is 9.48 Å². The fraction of sp³-hybridized carbons (Fsp3) is 0.632. The number of carbonyl (C=O) groups is 1. The van der Waals surface area contributed by atoms with Crippen LogP contribution in [0.2, 0.25) is 0 Å². The van der Waals surface area contributed by atoms with Gasteiger partial charge in [-0.25, -0.2) is 0 Å². The summed E-state index contributed by atoms with van der Waals surface area (Å²) in [5.41, 5.74) is 2.11. The second-order valence-corrected chi connectivity index (χ2v) is 9.17. The van der Waals surface area contributed by atoms with E-state index < -0.39 is 5.41 Å². The Morgan fingerprint density at radius 3 is 2.62 bits per heavy atom. The van der Waals surface area contributed by atoms with Crippen LogP contribution >= 0.6 is 0 Å². The Labute approximate surface area is 142 Å². The van der Waals surface area contributed by atoms with Gasteiger partial charge in [-0.15, -0.1) is 0 Å². The third-order valence-corrected chi connectivity index (χ3v) is 6.09. The summed E-state index contributed by atoms with van der Waals surface area (Å²) in [5.74, 6) is 1.32. The molecule has 0 aromatic carbocycles. The first-order valence-corrected chi connectivity index (χ1v) is 8.63. The maximum atomic E-state index is 13.4. The number of fused-ring (bicyclic) bond motifs is 3. The summed E-state index contributed by atoms with van der Waals surface area (Å²) in [6, 6.07) is 0. The molecule has 2 aliphatic carbocycles. The maximum absolute atomic E-state index is 13.4. The van der Waals surface area contributed by atoms with Gasteiger partial charge in [0.25, 0.3) is 0 Å². The zero-order chi connectivity index (χ0) is 17.5. The van der Waals surface area contributed by atoms with Crippen molar-refractivity contribution in [3.63, 3.8) is 0 Å². The molecule has 2 aliphatic rings. The molecule has 5 heteroatoms. The lowest BCUT2D eigenvalue weighted by molar-refractivity contribution is 0.0407. The van der Waals surface area contributed by atoms with Crippen LogP contribution in [-0.4, -0.2) is 20.7 Å². The normalized spacial score (nSPS) is 28.2. The number of hydrogen-bond donors (Lipinski definition) is 0. The lowest BCUT2D eigenvalue weighted by Gasteiger charge is -2.50. The first kappa shape index (κ1) is 15.6. The smallest absolute Gasteiger partial charge is 0.172 e. The predicted molar refractivity (Wildman–Crippen MR) is 90.1 cm³/mol. The number of aromatic nitrogens is 3. The lowest BCUT2D eigenvalue weighted by Crippen LogP contribution is -2.54. The van der Waals surface area contributed by atoms with E-state index in [1.807, 2.05) is 4.68 Å². The Hall–Kier alpha value is -1.91. The van der Waals surface area contributed by atoms with Crippen molar-refractivity contribution >= 4 is 5.78 Å². The van der Waals surface area contributed by atoms with E-state index >= 15 is 0 Å². The molecule has 0 unspecified atom stereocenters. The highest BCUT2D eigenvalue weighted by molar-refractivity contribution is 6.03. The van der Waals surface area contributed by atoms with Crippen LogP contribution in [0.25, 0.3) is 0 Å². The third kappa shape index (κ3) is 1.78. The SMILES string of the molecule is CC1(C)c2oncc2C[C@]2(C)C(=O)c3cnn(C(C)(C)C)c3C[C@@H]12. The maximum Gasteiger partial charge on any atom is 0.172 e. The first-order valence-electron chi connectivity index (χ1n) is 8.63. The van der Waals surface area contributed by atoms with Gasteiger partial charge in [-0.1, -0.05) is 25.9 Å². The van der Waals surface area contributed by atoms with Crippen molar-refractivity contribution in [1.82, 2.24) is 14.9 Å². The van der Waals surface area contributed by atoms with E-state index in [-0.39, 0.29) is 22.7 Å². The van der Waals surface area contributed by atoms with Crippen LogP contribution in [0.4, 0.5) is 0 Å². The lowest BCUT2D eigenvalue weighted by atomic mass is 9.51. The van der Waals surface area contributed by atoms with Crippen LogP contribution in [0.15, 0.2) is 16.9 Å². The summed E-state index contributed by atoms with van der Waals surface area (Å²) in [6.07, 6.45) is 5.07. The van der Waals surface area contributed by atoms with Gasteiger partial charge in [0, 0.05) is 16.4 Å². The van der Waals surface area contributed by atoms with Crippen LogP contribution < -0.4 is 0 Å². The van der Waals surface area contributed by atoms with E-state index in [4.69, 9.17) is 4.52 Å². The topological polar surface area (TPSA) is 60.9 Å². The Morgan fingerprint density at radius 2 is 1.96 bits per heavy atom. The Bertz CT molecular complexity index is 837. The second kappa shape index (κ2) is 4.38. The molecule has 24 heavy (non-hydrogen) atoms. The molecule has 128 valence electrons. The molecule has 0 bridgehead atoms. The first-order chi connectivity index (χ1) is 11.1. The average Bonchev–Trinajstić information content (AvgIpc) is 3.07. The zero-order valence-corrected chi connectivity index (χ0v) is 15.3. The Balaban J connectivity index is 1.91. The van der Waals surface area contributed by atoms with E-state index in [0.29, 0.717) is 6.42 Å². The minimum Gasteiger partial charge on any atom is -0.361 e. The van der Waals surface area contributed by atoms with Crippen LogP contribution in [0, 0.1) is 11.3 Å². The number of Topliss-reactive ketones (excluding diaryl/α,β-unsaturated/α-hetero) is 1. The Morgan fingerprint density at radius 1 is 1.25 bits per heavy atom. The molecule has 4 rings (SSSR count). The number of hydrogen-bond acceptors (Lipinski definition) is 4. The van der Waals surface area contributed by atoms with Gasteiger partial charge in [0.15, 0.2) is 5.78 Å². The van der Waals surface area contributed by atoms with Crippen molar-refractivity contribution in [3.05, 3.63) is 35.0 Å². The molecular formula is C19H25N3O2. The summed E-state index contributed by atoms with van der Waals surface area (Å²) in [4.78, 5) is 13.4. The van der Waals surface area contributed by atoms with Crippen LogP contribution in [-0.2, 0) is 23.8 Å². The molecule has 0 amide bonds. The summed E-state index contributed by atoms with van der Waals surface area (Å²) >= 11 is 0. The minimum atomic E-state index is -0.430. The monoisotopic (exact) mass is 327 g/mol. The quantitative estimate of drug-likeness (QED) is 0.743. The summed E-state index contributed by atoms with van der Waals surface area (Å²) in [7, 11) is 0. The highest BCUT2D eigenvalue weighted by Crippen LogP contribution is 2.55. The molecule has 0 radical (unpaired) electrons. The number of rotatable bonds is 0. The van der Waals surface area contributed by atoms with Crippen molar-refractivity contribution in [2.75, 3.05) is 0 Å². The molecule has 5 nitrogen and oxygen atoms in total. The van der Waals surface area contributed by atoms with Gasteiger partial charge in [0.2, 0.25) is 0 Å². The largest absolute Gasteiger partial charge is 0.361 e. The zero-order valence-electron chi connectivity index (χ0n) is 15.3. The van der Waals surface area contributed by atoms with E-state index in [9.17, 15) is 4.79 Å². The fourth-order valence-electron chi connectivity index (χ4n) is 4.95. The Kier molecular flexibility index (Phi) is 2.85.